The van der Waals surface area contributed by atoms with E-state index in [0.717, 1.165) is 32.8 Å². The number of ether oxygens (including phenoxy) is 1. The van der Waals surface area contributed by atoms with Gasteiger partial charge in [0.25, 0.3) is 0 Å². The highest BCUT2D eigenvalue weighted by molar-refractivity contribution is 5.66. The molecule has 0 radical (unpaired) electrons. The van der Waals surface area contributed by atoms with Gasteiger partial charge < -0.3 is 14.7 Å². The molecule has 0 aliphatic carbocycles. The van der Waals surface area contributed by atoms with Gasteiger partial charge in [-0.05, 0) is 39.8 Å². The SMILES string of the molecule is CCOCC.O=C(O)CCN1CCCCC1. The standard InChI is InChI=1S/C8H15NO2.C4H10O/c10-8(11)4-7-9-5-2-1-3-6-9;1-3-5-4-2/h1-7H2,(H,10,11);3-4H2,1-2H3. The van der Waals surface area contributed by atoms with Crippen molar-refractivity contribution in [3.8, 4) is 0 Å². The summed E-state index contributed by atoms with van der Waals surface area (Å²) >= 11 is 0. The Morgan fingerprint density at radius 3 is 2.12 bits per heavy atom. The van der Waals surface area contributed by atoms with Crippen LogP contribution in [0.5, 0.6) is 0 Å². The molecule has 0 saturated carbocycles. The average Bonchev–Trinajstić information content (AvgIpc) is 2.30. The number of nitrogens with zero attached hydrogens (tertiary/aromatic N) is 1. The Balaban J connectivity index is 0.000000385. The number of aliphatic carboxylic acids is 1. The third-order valence-electron chi connectivity index (χ3n) is 2.50. The first-order chi connectivity index (χ1) is 7.70. The summed E-state index contributed by atoms with van der Waals surface area (Å²) in [6.07, 6.45) is 4.07. The van der Waals surface area contributed by atoms with Crippen LogP contribution in [0.25, 0.3) is 0 Å². The zero-order valence-corrected chi connectivity index (χ0v) is 10.6. The number of carbonyl (C=O) groups is 1. The van der Waals surface area contributed by atoms with Gasteiger partial charge in [-0.1, -0.05) is 6.42 Å². The van der Waals surface area contributed by atoms with Crippen molar-refractivity contribution in [1.82, 2.24) is 4.90 Å². The molecular formula is C12H25NO3. The maximum atomic E-state index is 10.2. The van der Waals surface area contributed by atoms with E-state index in [-0.39, 0.29) is 0 Å². The molecule has 16 heavy (non-hydrogen) atoms. The summed E-state index contributed by atoms with van der Waals surface area (Å²) in [7, 11) is 0. The molecule has 4 heteroatoms. The fraction of sp³-hybridized carbons (Fsp3) is 0.917. The van der Waals surface area contributed by atoms with Gasteiger partial charge >= 0.3 is 5.97 Å². The molecule has 1 aliphatic rings. The van der Waals surface area contributed by atoms with Crippen LogP contribution in [0.2, 0.25) is 0 Å². The highest BCUT2D eigenvalue weighted by Crippen LogP contribution is 2.08. The molecule has 96 valence electrons. The third-order valence-corrected chi connectivity index (χ3v) is 2.50. The molecule has 1 heterocycles. The summed E-state index contributed by atoms with van der Waals surface area (Å²) in [5.74, 6) is -0.685. The molecule has 0 amide bonds. The Labute approximate surface area is 98.6 Å². The number of carboxylic acid groups (broad SMARTS) is 1. The summed E-state index contributed by atoms with van der Waals surface area (Å²) in [6.45, 7) is 8.58. The Morgan fingerprint density at radius 2 is 1.75 bits per heavy atom. The van der Waals surface area contributed by atoms with E-state index in [2.05, 4.69) is 4.90 Å². The smallest absolute Gasteiger partial charge is 0.304 e. The van der Waals surface area contributed by atoms with Crippen molar-refractivity contribution in [1.29, 1.82) is 0 Å². The molecule has 0 aromatic heterocycles. The molecule has 0 spiro atoms. The van der Waals surface area contributed by atoms with Crippen molar-refractivity contribution < 1.29 is 14.6 Å². The molecule has 0 aromatic rings. The fourth-order valence-corrected chi connectivity index (χ4v) is 1.64. The summed E-state index contributed by atoms with van der Waals surface area (Å²) in [4.78, 5) is 12.4. The summed E-state index contributed by atoms with van der Waals surface area (Å²) in [5, 5.41) is 8.42. The molecule has 0 unspecified atom stereocenters. The second-order valence-electron chi connectivity index (χ2n) is 3.83. The minimum absolute atomic E-state index is 0.292. The van der Waals surface area contributed by atoms with Crippen LogP contribution in [0.4, 0.5) is 0 Å². The average molecular weight is 231 g/mol. The zero-order chi connectivity index (χ0) is 12.2. The summed E-state index contributed by atoms with van der Waals surface area (Å²) in [6, 6.07) is 0. The first kappa shape index (κ1) is 15.4. The van der Waals surface area contributed by atoms with E-state index in [1.807, 2.05) is 13.8 Å². The van der Waals surface area contributed by atoms with Crippen molar-refractivity contribution in [3.63, 3.8) is 0 Å². The predicted molar refractivity (Wildman–Crippen MR) is 64.7 cm³/mol. The molecular weight excluding hydrogens is 206 g/mol. The van der Waals surface area contributed by atoms with Gasteiger partial charge in [0.2, 0.25) is 0 Å². The lowest BCUT2D eigenvalue weighted by molar-refractivity contribution is -0.137. The monoisotopic (exact) mass is 231 g/mol. The van der Waals surface area contributed by atoms with Gasteiger partial charge in [0, 0.05) is 19.8 Å². The van der Waals surface area contributed by atoms with Crippen LogP contribution in [0.3, 0.4) is 0 Å². The van der Waals surface area contributed by atoms with Crippen molar-refractivity contribution in [2.45, 2.75) is 39.5 Å². The van der Waals surface area contributed by atoms with Crippen LogP contribution in [-0.2, 0) is 9.53 Å². The van der Waals surface area contributed by atoms with E-state index in [4.69, 9.17) is 9.84 Å². The van der Waals surface area contributed by atoms with Gasteiger partial charge in [0.1, 0.15) is 0 Å². The van der Waals surface area contributed by atoms with Gasteiger partial charge in [-0.3, -0.25) is 4.79 Å². The Hall–Kier alpha value is -0.610. The molecule has 1 saturated heterocycles. The lowest BCUT2D eigenvalue weighted by Gasteiger charge is -2.25. The van der Waals surface area contributed by atoms with Crippen LogP contribution in [0.1, 0.15) is 39.5 Å². The summed E-state index contributed by atoms with van der Waals surface area (Å²) < 4.78 is 4.83. The Kier molecular flexibility index (Phi) is 10.5. The van der Waals surface area contributed by atoms with Gasteiger partial charge in [-0.2, -0.15) is 0 Å². The maximum absolute atomic E-state index is 10.2. The second kappa shape index (κ2) is 10.9. The lowest BCUT2D eigenvalue weighted by Crippen LogP contribution is -2.31. The number of rotatable bonds is 5. The van der Waals surface area contributed by atoms with E-state index in [1.54, 1.807) is 0 Å². The maximum Gasteiger partial charge on any atom is 0.304 e. The lowest BCUT2D eigenvalue weighted by atomic mass is 10.1. The van der Waals surface area contributed by atoms with Gasteiger partial charge in [-0.15, -0.1) is 0 Å². The third kappa shape index (κ3) is 9.93. The van der Waals surface area contributed by atoms with Crippen LogP contribution in [-0.4, -0.2) is 48.8 Å². The van der Waals surface area contributed by atoms with Gasteiger partial charge in [0.05, 0.1) is 6.42 Å². The number of piperidine rings is 1. The normalized spacial score (nSPS) is 16.4. The minimum atomic E-state index is -0.685. The van der Waals surface area contributed by atoms with E-state index < -0.39 is 5.97 Å². The van der Waals surface area contributed by atoms with E-state index >= 15 is 0 Å². The van der Waals surface area contributed by atoms with Crippen molar-refractivity contribution in [2.24, 2.45) is 0 Å². The van der Waals surface area contributed by atoms with Crippen LogP contribution < -0.4 is 0 Å². The number of hydrogen-bond acceptors (Lipinski definition) is 3. The Bertz CT molecular complexity index is 166. The second-order valence-corrected chi connectivity index (χ2v) is 3.83. The molecule has 1 fully saturated rings. The van der Waals surface area contributed by atoms with Crippen LogP contribution in [0, 0.1) is 0 Å². The highest BCUT2D eigenvalue weighted by Gasteiger charge is 2.10. The molecule has 0 atom stereocenters. The molecule has 0 aromatic carbocycles. The fourth-order valence-electron chi connectivity index (χ4n) is 1.64. The number of likely N-dealkylation sites (tertiary alicyclic amines) is 1. The van der Waals surface area contributed by atoms with E-state index in [0.29, 0.717) is 6.42 Å². The van der Waals surface area contributed by atoms with Gasteiger partial charge in [0.15, 0.2) is 0 Å². The molecule has 1 aliphatic heterocycles. The Morgan fingerprint density at radius 1 is 1.19 bits per heavy atom. The molecule has 1 rings (SSSR count). The van der Waals surface area contributed by atoms with E-state index in [1.165, 1.54) is 19.3 Å². The topological polar surface area (TPSA) is 49.8 Å². The van der Waals surface area contributed by atoms with Gasteiger partial charge in [-0.25, -0.2) is 0 Å². The van der Waals surface area contributed by atoms with Crippen LogP contribution >= 0.6 is 0 Å². The zero-order valence-electron chi connectivity index (χ0n) is 10.6. The van der Waals surface area contributed by atoms with Crippen LogP contribution in [0.15, 0.2) is 0 Å². The number of hydrogen-bond donors (Lipinski definition) is 1. The first-order valence-electron chi connectivity index (χ1n) is 6.22. The highest BCUT2D eigenvalue weighted by atomic mass is 16.5. The molecule has 4 nitrogen and oxygen atoms in total. The van der Waals surface area contributed by atoms with E-state index in [9.17, 15) is 4.79 Å². The molecule has 0 bridgehead atoms. The van der Waals surface area contributed by atoms with Crippen molar-refractivity contribution in [2.75, 3.05) is 32.8 Å². The van der Waals surface area contributed by atoms with Crippen molar-refractivity contribution in [3.05, 3.63) is 0 Å². The molecule has 1 N–H and O–H groups in total. The quantitative estimate of drug-likeness (QED) is 0.786. The first-order valence-corrected chi connectivity index (χ1v) is 6.22. The minimum Gasteiger partial charge on any atom is -0.481 e. The van der Waals surface area contributed by atoms with Crippen molar-refractivity contribution >= 4 is 5.97 Å². The predicted octanol–water partition coefficient (Wildman–Crippen LogP) is 1.99. The summed E-state index contributed by atoms with van der Waals surface area (Å²) in [5.41, 5.74) is 0. The number of carboxylic acids is 1. The largest absolute Gasteiger partial charge is 0.481 e.